The van der Waals surface area contributed by atoms with E-state index < -0.39 is 5.82 Å². The van der Waals surface area contributed by atoms with Crippen LogP contribution in [-0.4, -0.2) is 39.0 Å². The maximum atomic E-state index is 13.5. The second-order valence-electron chi connectivity index (χ2n) is 6.69. The van der Waals surface area contributed by atoms with Crippen molar-refractivity contribution in [2.45, 2.75) is 19.4 Å². The van der Waals surface area contributed by atoms with Crippen LogP contribution >= 0.6 is 11.6 Å². The van der Waals surface area contributed by atoms with Crippen LogP contribution in [0.5, 0.6) is 0 Å². The predicted molar refractivity (Wildman–Crippen MR) is 111 cm³/mol. The molecule has 0 spiro atoms. The van der Waals surface area contributed by atoms with Gasteiger partial charge in [0.05, 0.1) is 10.7 Å². The Morgan fingerprint density at radius 2 is 2.14 bits per heavy atom. The summed E-state index contributed by atoms with van der Waals surface area (Å²) in [7, 11) is 1.92. The van der Waals surface area contributed by atoms with Crippen LogP contribution < -0.4 is 10.6 Å². The number of fused-ring (bicyclic) bond motifs is 1. The first-order valence-corrected chi connectivity index (χ1v) is 9.60. The highest BCUT2D eigenvalue weighted by molar-refractivity contribution is 6.33. The van der Waals surface area contributed by atoms with Gasteiger partial charge in [0, 0.05) is 24.0 Å². The van der Waals surface area contributed by atoms with Crippen LogP contribution in [0.1, 0.15) is 13.3 Å². The molecule has 4 rings (SSSR count). The molecule has 0 aliphatic carbocycles. The Kier molecular flexibility index (Phi) is 5.46. The quantitative estimate of drug-likeness (QED) is 0.470. The normalized spacial score (nSPS) is 12.4. The number of benzene rings is 1. The van der Waals surface area contributed by atoms with Crippen LogP contribution in [0.2, 0.25) is 5.02 Å². The molecule has 0 fully saturated rings. The number of anilines is 1. The molecule has 29 heavy (non-hydrogen) atoms. The molecule has 9 heteroatoms. The van der Waals surface area contributed by atoms with Crippen molar-refractivity contribution in [3.8, 4) is 22.6 Å². The number of nitrogens with zero attached hydrogens (tertiary/aromatic N) is 4. The van der Waals surface area contributed by atoms with Gasteiger partial charge >= 0.3 is 5.84 Å². The van der Waals surface area contributed by atoms with Gasteiger partial charge in [0.1, 0.15) is 23.5 Å². The molecular weight excluding hydrogens is 395 g/mol. The number of nitrogens with one attached hydrogen (secondary N) is 2. The molecule has 1 aromatic carbocycles. The van der Waals surface area contributed by atoms with Gasteiger partial charge in [0.2, 0.25) is 5.95 Å². The first-order valence-electron chi connectivity index (χ1n) is 9.22. The third kappa shape index (κ3) is 3.94. The van der Waals surface area contributed by atoms with Gasteiger partial charge in [-0.3, -0.25) is 4.40 Å². The Morgan fingerprint density at radius 3 is 2.93 bits per heavy atom. The zero-order valence-corrected chi connectivity index (χ0v) is 16.7. The third-order valence-corrected chi connectivity index (χ3v) is 4.86. The highest BCUT2D eigenvalue weighted by atomic mass is 35.5. The highest BCUT2D eigenvalue weighted by Gasteiger charge is 2.21. The summed E-state index contributed by atoms with van der Waals surface area (Å²) < 4.78 is 20.8. The second kappa shape index (κ2) is 8.18. The molecule has 0 amide bonds. The van der Waals surface area contributed by atoms with E-state index in [1.165, 1.54) is 12.1 Å². The molecule has 3 heterocycles. The summed E-state index contributed by atoms with van der Waals surface area (Å²) in [4.78, 5) is 13.5. The smallest absolute Gasteiger partial charge is 0.306 e. The first-order chi connectivity index (χ1) is 14.1. The molecule has 0 bridgehead atoms. The molecule has 0 saturated carbocycles. The van der Waals surface area contributed by atoms with Crippen molar-refractivity contribution in [1.29, 1.82) is 0 Å². The van der Waals surface area contributed by atoms with Crippen molar-refractivity contribution in [3.05, 3.63) is 53.8 Å². The summed E-state index contributed by atoms with van der Waals surface area (Å²) in [5, 5.41) is 6.70. The Balaban J connectivity index is 1.78. The Bertz CT molecular complexity index is 1140. The average molecular weight is 415 g/mol. The Labute approximate surface area is 172 Å². The lowest BCUT2D eigenvalue weighted by molar-refractivity contribution is 0.596. The third-order valence-electron chi connectivity index (χ3n) is 4.55. The summed E-state index contributed by atoms with van der Waals surface area (Å²) in [5.74, 6) is 0.499. The van der Waals surface area contributed by atoms with Crippen LogP contribution in [0, 0.1) is 5.82 Å². The van der Waals surface area contributed by atoms with Crippen molar-refractivity contribution < 1.29 is 8.81 Å². The molecule has 150 valence electrons. The number of aromatic nitrogens is 4. The summed E-state index contributed by atoms with van der Waals surface area (Å²) >= 11 is 6.30. The maximum Gasteiger partial charge on any atom is 0.306 e. The van der Waals surface area contributed by atoms with E-state index in [4.69, 9.17) is 16.0 Å². The minimum atomic E-state index is -0.410. The van der Waals surface area contributed by atoms with E-state index in [1.807, 2.05) is 7.05 Å². The minimum Gasteiger partial charge on any atom is -0.432 e. The summed E-state index contributed by atoms with van der Waals surface area (Å²) in [6, 6.07) is 6.20. The fourth-order valence-corrected chi connectivity index (χ4v) is 3.37. The monoisotopic (exact) mass is 414 g/mol. The fraction of sp³-hybridized carbons (Fsp3) is 0.250. The molecule has 3 aromatic heterocycles. The summed E-state index contributed by atoms with van der Waals surface area (Å²) in [6.45, 7) is 2.96. The van der Waals surface area contributed by atoms with E-state index in [9.17, 15) is 4.39 Å². The predicted octanol–water partition coefficient (Wildman–Crippen LogP) is 4.25. The van der Waals surface area contributed by atoms with Gasteiger partial charge in [-0.2, -0.15) is 4.98 Å². The molecule has 1 unspecified atom stereocenters. The van der Waals surface area contributed by atoms with Crippen LogP contribution in [0.3, 0.4) is 0 Å². The number of halogens is 2. The van der Waals surface area contributed by atoms with Crippen molar-refractivity contribution in [2.75, 3.05) is 18.9 Å². The first kappa shape index (κ1) is 19.4. The van der Waals surface area contributed by atoms with Gasteiger partial charge in [0.15, 0.2) is 0 Å². The zero-order valence-electron chi connectivity index (χ0n) is 16.0. The SMILES string of the molecule is CNCCC(C)Nc1nccc(-c2c(-c3ccc(F)cc3Cl)nc3occn23)n1. The molecule has 4 aromatic rings. The standard InChI is InChI=1S/C20H20ClFN6O/c1-12(5-7-23-2)25-19-24-8-6-16(26-19)18-17(27-20-28(18)9-10-29-20)14-4-3-13(22)11-15(14)21/h3-4,6,8-12,23H,5,7H2,1-2H3,(H,24,25,26). The Morgan fingerprint density at radius 1 is 1.28 bits per heavy atom. The van der Waals surface area contributed by atoms with Gasteiger partial charge in [-0.25, -0.2) is 14.4 Å². The van der Waals surface area contributed by atoms with Gasteiger partial charge in [-0.05, 0) is 51.2 Å². The molecule has 7 nitrogen and oxygen atoms in total. The fourth-order valence-electron chi connectivity index (χ4n) is 3.11. The summed E-state index contributed by atoms with van der Waals surface area (Å²) in [5.41, 5.74) is 2.49. The minimum absolute atomic E-state index is 0.197. The van der Waals surface area contributed by atoms with E-state index in [2.05, 4.69) is 32.5 Å². The van der Waals surface area contributed by atoms with Gasteiger partial charge < -0.3 is 15.1 Å². The van der Waals surface area contributed by atoms with E-state index in [1.54, 1.807) is 35.2 Å². The van der Waals surface area contributed by atoms with Crippen molar-refractivity contribution in [2.24, 2.45) is 0 Å². The van der Waals surface area contributed by atoms with Crippen molar-refractivity contribution in [1.82, 2.24) is 24.7 Å². The number of imidazole rings is 1. The lowest BCUT2D eigenvalue weighted by Crippen LogP contribution is -2.22. The van der Waals surface area contributed by atoms with Crippen molar-refractivity contribution >= 4 is 23.4 Å². The zero-order chi connectivity index (χ0) is 20.4. The van der Waals surface area contributed by atoms with E-state index in [-0.39, 0.29) is 11.1 Å². The van der Waals surface area contributed by atoms with Gasteiger partial charge in [0.25, 0.3) is 0 Å². The van der Waals surface area contributed by atoms with Gasteiger partial charge in [-0.15, -0.1) is 0 Å². The van der Waals surface area contributed by atoms with E-state index in [0.717, 1.165) is 13.0 Å². The molecule has 0 aliphatic rings. The second-order valence-corrected chi connectivity index (χ2v) is 7.10. The number of oxazole rings is 1. The maximum absolute atomic E-state index is 13.5. The van der Waals surface area contributed by atoms with E-state index in [0.29, 0.717) is 34.4 Å². The number of hydrogen-bond donors (Lipinski definition) is 2. The largest absolute Gasteiger partial charge is 0.432 e. The molecule has 0 saturated heterocycles. The van der Waals surface area contributed by atoms with Gasteiger partial charge in [-0.1, -0.05) is 11.6 Å². The molecule has 2 N–H and O–H groups in total. The lowest BCUT2D eigenvalue weighted by Gasteiger charge is -2.14. The number of rotatable bonds is 7. The number of hydrogen-bond acceptors (Lipinski definition) is 6. The summed E-state index contributed by atoms with van der Waals surface area (Å²) in [6.07, 6.45) is 5.91. The van der Waals surface area contributed by atoms with E-state index >= 15 is 0 Å². The van der Waals surface area contributed by atoms with Crippen LogP contribution in [0.4, 0.5) is 10.3 Å². The molecular formula is C20H20ClFN6O. The molecule has 0 aliphatic heterocycles. The van der Waals surface area contributed by atoms with Crippen LogP contribution in [0.25, 0.3) is 28.5 Å². The topological polar surface area (TPSA) is 80.3 Å². The van der Waals surface area contributed by atoms with Crippen LogP contribution in [-0.2, 0) is 0 Å². The average Bonchev–Trinajstić information content (AvgIpc) is 3.27. The van der Waals surface area contributed by atoms with Crippen LogP contribution in [0.15, 0.2) is 47.3 Å². The highest BCUT2D eigenvalue weighted by Crippen LogP contribution is 2.36. The molecule has 1 atom stereocenters. The molecule has 0 radical (unpaired) electrons. The lowest BCUT2D eigenvalue weighted by atomic mass is 10.1. The Hall–Kier alpha value is -2.97. The van der Waals surface area contributed by atoms with Crippen molar-refractivity contribution in [3.63, 3.8) is 0 Å².